The molecule has 1 aromatic heterocycles. The summed E-state index contributed by atoms with van der Waals surface area (Å²) in [4.78, 5) is 17.9. The molecule has 3 heterocycles. The van der Waals surface area contributed by atoms with E-state index < -0.39 is 0 Å². The van der Waals surface area contributed by atoms with E-state index in [1.165, 1.54) is 40.9 Å². The molecular formula is C49H56N2OS. The monoisotopic (exact) mass is 720 g/mol. The van der Waals surface area contributed by atoms with Crippen LogP contribution in [-0.4, -0.2) is 22.9 Å². The molecule has 3 nitrogen and oxygen atoms in total. The normalized spacial score (nSPS) is 19.2. The molecule has 6 rings (SSSR count). The van der Waals surface area contributed by atoms with Crippen LogP contribution in [0.15, 0.2) is 142 Å². The molecule has 4 heteroatoms. The van der Waals surface area contributed by atoms with Gasteiger partial charge in [0.1, 0.15) is 0 Å². The van der Waals surface area contributed by atoms with Crippen molar-refractivity contribution in [3.8, 4) is 25.7 Å². The van der Waals surface area contributed by atoms with E-state index in [0.29, 0.717) is 6.42 Å². The Balaban J connectivity index is 0.00000120. The van der Waals surface area contributed by atoms with Gasteiger partial charge in [-0.1, -0.05) is 134 Å². The molecule has 2 bridgehead atoms. The predicted octanol–water partition coefficient (Wildman–Crippen LogP) is 12.4. The number of carbonyl (C=O) groups excluding carboxylic acids is 1. The van der Waals surface area contributed by atoms with Crippen LogP contribution in [0.25, 0.3) is 6.08 Å². The summed E-state index contributed by atoms with van der Waals surface area (Å²) in [7, 11) is 0. The average molecular weight is 721 g/mol. The molecule has 0 fully saturated rings. The van der Waals surface area contributed by atoms with Crippen LogP contribution in [0.2, 0.25) is 0 Å². The van der Waals surface area contributed by atoms with E-state index in [4.69, 9.17) is 0 Å². The predicted molar refractivity (Wildman–Crippen MR) is 233 cm³/mol. The van der Waals surface area contributed by atoms with Crippen molar-refractivity contribution in [2.75, 3.05) is 11.4 Å². The number of anilines is 1. The second kappa shape index (κ2) is 23.4. The van der Waals surface area contributed by atoms with Crippen LogP contribution in [0.1, 0.15) is 87.1 Å². The number of nitrogens with zero attached hydrogens (tertiary/aromatic N) is 2. The van der Waals surface area contributed by atoms with Crippen LogP contribution in [0.3, 0.4) is 0 Å². The van der Waals surface area contributed by atoms with E-state index in [9.17, 15) is 4.79 Å². The molecule has 2 aliphatic heterocycles. The Hall–Kier alpha value is -5.16. The number of benzene rings is 1. The summed E-state index contributed by atoms with van der Waals surface area (Å²) in [6.45, 7) is 9.97. The first-order valence-electron chi connectivity index (χ1n) is 18.8. The maximum absolute atomic E-state index is 13.3. The van der Waals surface area contributed by atoms with Gasteiger partial charge >= 0.3 is 0 Å². The topological polar surface area (TPSA) is 25.2 Å². The summed E-state index contributed by atoms with van der Waals surface area (Å²) in [6, 6.07) is 8.91. The van der Waals surface area contributed by atoms with Crippen molar-refractivity contribution in [1.82, 2.24) is 4.57 Å². The summed E-state index contributed by atoms with van der Waals surface area (Å²) >= 11 is 1.74. The van der Waals surface area contributed by atoms with E-state index in [-0.39, 0.29) is 11.8 Å². The zero-order valence-corrected chi connectivity index (χ0v) is 32.9. The summed E-state index contributed by atoms with van der Waals surface area (Å²) in [5.41, 5.74) is 8.72. The summed E-state index contributed by atoms with van der Waals surface area (Å²) < 4.78 is 2.53. The molecular weight excluding hydrogens is 665 g/mol. The molecule has 0 N–H and O–H groups in total. The first-order chi connectivity index (χ1) is 26.1. The third-order valence-electron chi connectivity index (χ3n) is 9.10. The van der Waals surface area contributed by atoms with E-state index in [1.807, 2.05) is 19.9 Å². The quantitative estimate of drug-likeness (QED) is 0.146. The van der Waals surface area contributed by atoms with Gasteiger partial charge in [-0.15, -0.1) is 25.7 Å². The van der Waals surface area contributed by atoms with Crippen LogP contribution in [-0.2, 0) is 19.4 Å². The fourth-order valence-corrected chi connectivity index (χ4v) is 7.71. The molecule has 274 valence electrons. The summed E-state index contributed by atoms with van der Waals surface area (Å²) in [5.74, 6) is 0.198. The van der Waals surface area contributed by atoms with Gasteiger partial charge in [-0.2, -0.15) is 0 Å². The maximum atomic E-state index is 13.3. The summed E-state index contributed by atoms with van der Waals surface area (Å²) in [6.07, 6.45) is 60.4. The average Bonchev–Trinajstić information content (AvgIpc) is 3.36. The van der Waals surface area contributed by atoms with Gasteiger partial charge in [-0.25, -0.2) is 0 Å². The van der Waals surface area contributed by atoms with Crippen molar-refractivity contribution in [3.05, 3.63) is 160 Å². The SMILES string of the molecule is C#C.C#C.C/C=C\CCCCc1cc2c(n1C/C(C)=C/C=C1\CC(=O)c3ccc(N4C/C=C\C=C/CC5=CC4C=CC=C5)cc3S1)CC=CC=C2.CC. The first kappa shape index (κ1) is 42.3. The lowest BCUT2D eigenvalue weighted by atomic mass is 10.0. The van der Waals surface area contributed by atoms with Crippen molar-refractivity contribution >= 4 is 29.3 Å². The molecule has 1 unspecified atom stereocenters. The molecule has 53 heavy (non-hydrogen) atoms. The van der Waals surface area contributed by atoms with Crippen molar-refractivity contribution in [3.63, 3.8) is 0 Å². The third-order valence-corrected chi connectivity index (χ3v) is 10.2. The molecule has 0 saturated carbocycles. The Labute approximate surface area is 324 Å². The molecule has 4 aliphatic rings. The smallest absolute Gasteiger partial charge is 0.168 e. The largest absolute Gasteiger partial charge is 0.358 e. The minimum Gasteiger partial charge on any atom is -0.358 e. The Morgan fingerprint density at radius 3 is 2.49 bits per heavy atom. The lowest BCUT2D eigenvalue weighted by Crippen LogP contribution is -2.33. The van der Waals surface area contributed by atoms with Gasteiger partial charge in [0.25, 0.3) is 0 Å². The van der Waals surface area contributed by atoms with Crippen molar-refractivity contribution in [1.29, 1.82) is 0 Å². The number of aromatic nitrogens is 1. The number of allylic oxidation sites excluding steroid dienone is 16. The number of unbranched alkanes of at least 4 members (excludes halogenated alkanes) is 2. The number of carbonyl (C=O) groups is 1. The fourth-order valence-electron chi connectivity index (χ4n) is 6.62. The zero-order chi connectivity index (χ0) is 38.4. The van der Waals surface area contributed by atoms with Crippen molar-refractivity contribution in [2.24, 2.45) is 0 Å². The van der Waals surface area contributed by atoms with Gasteiger partial charge in [0, 0.05) is 53.5 Å². The number of terminal acetylenes is 2. The molecule has 0 saturated heterocycles. The molecule has 0 amide bonds. The number of hydrogen-bond donors (Lipinski definition) is 0. The number of thioether (sulfide) groups is 1. The van der Waals surface area contributed by atoms with E-state index >= 15 is 0 Å². The maximum Gasteiger partial charge on any atom is 0.168 e. The number of rotatable bonds is 9. The number of hydrogen-bond acceptors (Lipinski definition) is 3. The van der Waals surface area contributed by atoms with Gasteiger partial charge < -0.3 is 9.47 Å². The van der Waals surface area contributed by atoms with E-state index in [1.54, 1.807) is 11.8 Å². The minimum atomic E-state index is 0.145. The van der Waals surface area contributed by atoms with E-state index in [2.05, 4.69) is 170 Å². The van der Waals surface area contributed by atoms with Crippen LogP contribution >= 0.6 is 11.8 Å². The first-order valence-corrected chi connectivity index (χ1v) is 19.6. The highest BCUT2D eigenvalue weighted by molar-refractivity contribution is 8.03. The van der Waals surface area contributed by atoms with Gasteiger partial charge in [0.2, 0.25) is 0 Å². The molecule has 1 atom stereocenters. The second-order valence-corrected chi connectivity index (χ2v) is 13.8. The number of ketones is 1. The fraction of sp³-hybridized carbons (Fsp3) is 0.286. The molecule has 0 radical (unpaired) electrons. The van der Waals surface area contributed by atoms with Gasteiger partial charge in [0.15, 0.2) is 5.78 Å². The van der Waals surface area contributed by atoms with Gasteiger partial charge in [-0.3, -0.25) is 4.79 Å². The standard InChI is InChI=1S/C43H46N2OS.C2H6.2C2H2/c1-3-4-5-6-12-20-37-29-35-19-11-9-13-22-41(35)45(37)32-33(2)23-25-39-31-42(46)40-26-24-38(30-43(40)47-39)44-27-16-8-7-10-17-34-18-14-15-21-36(44)28-34;3*1-2/h3-4,7-11,13-16,18-19,21,23-26,28-30,36H,5-6,12,17,20,22,27,31-32H2,1-2H3;1-2H3;2*1-2H/b4-3-,10-7-,16-8-,33-23+,39-25+;;;. The van der Waals surface area contributed by atoms with Crippen molar-refractivity contribution in [2.45, 2.75) is 90.1 Å². The van der Waals surface area contributed by atoms with Crippen molar-refractivity contribution < 1.29 is 4.79 Å². The molecule has 1 aromatic carbocycles. The Morgan fingerprint density at radius 2 is 1.68 bits per heavy atom. The summed E-state index contributed by atoms with van der Waals surface area (Å²) in [5, 5.41) is 0. The Kier molecular flexibility index (Phi) is 18.7. The van der Waals surface area contributed by atoms with Crippen LogP contribution in [0, 0.1) is 25.7 Å². The van der Waals surface area contributed by atoms with Crippen LogP contribution in [0.4, 0.5) is 5.69 Å². The van der Waals surface area contributed by atoms with Crippen LogP contribution < -0.4 is 4.90 Å². The third kappa shape index (κ3) is 12.2. The number of fused-ring (bicyclic) bond motifs is 3. The van der Waals surface area contributed by atoms with Crippen LogP contribution in [0.5, 0.6) is 0 Å². The van der Waals surface area contributed by atoms with Gasteiger partial charge in [0.05, 0.1) is 6.04 Å². The lowest BCUT2D eigenvalue weighted by molar-refractivity contribution is 0.0990. The Morgan fingerprint density at radius 1 is 0.925 bits per heavy atom. The zero-order valence-electron chi connectivity index (χ0n) is 32.1. The Bertz CT molecular complexity index is 1870. The highest BCUT2D eigenvalue weighted by Crippen LogP contribution is 2.40. The highest BCUT2D eigenvalue weighted by Gasteiger charge is 2.24. The van der Waals surface area contributed by atoms with E-state index in [0.717, 1.165) is 59.8 Å². The molecule has 2 aromatic rings. The minimum absolute atomic E-state index is 0.145. The second-order valence-electron chi connectivity index (χ2n) is 12.6. The molecule has 2 aliphatic carbocycles. The highest BCUT2D eigenvalue weighted by atomic mass is 32.2. The lowest BCUT2D eigenvalue weighted by Gasteiger charge is -2.31. The van der Waals surface area contributed by atoms with Gasteiger partial charge in [-0.05, 0) is 86.3 Å². The number of Topliss-reactive ketones (excluding diaryl/α,β-unsaturated/α-hetero) is 1. The molecule has 0 spiro atoms. The number of aryl methyl sites for hydroxylation is 1.